The third kappa shape index (κ3) is 6.95. The lowest BCUT2D eigenvalue weighted by Gasteiger charge is -2.32. The number of ether oxygens (including phenoxy) is 1. The van der Waals surface area contributed by atoms with Crippen molar-refractivity contribution in [2.24, 2.45) is 0 Å². The summed E-state index contributed by atoms with van der Waals surface area (Å²) in [5, 5.41) is 2.64. The summed E-state index contributed by atoms with van der Waals surface area (Å²) in [6, 6.07) is 3.62. The molecule has 4 nitrogen and oxygen atoms in total. The van der Waals surface area contributed by atoms with Gasteiger partial charge in [0.05, 0.1) is 0 Å². The maximum atomic E-state index is 13.2. The van der Waals surface area contributed by atoms with Crippen LogP contribution >= 0.6 is 0 Å². The van der Waals surface area contributed by atoms with Crippen molar-refractivity contribution in [2.45, 2.75) is 31.6 Å². The van der Waals surface area contributed by atoms with Crippen LogP contribution in [-0.4, -0.2) is 49.3 Å². The fraction of sp³-hybridized carbons (Fsp3) is 0.562. The van der Waals surface area contributed by atoms with Crippen molar-refractivity contribution in [3.05, 3.63) is 35.4 Å². The van der Waals surface area contributed by atoms with Gasteiger partial charge in [-0.25, -0.2) is 8.78 Å². The second-order valence-electron chi connectivity index (χ2n) is 5.97. The van der Waals surface area contributed by atoms with Crippen LogP contribution in [0.5, 0.6) is 0 Å². The summed E-state index contributed by atoms with van der Waals surface area (Å²) in [4.78, 5) is 13.6. The van der Waals surface area contributed by atoms with Gasteiger partial charge in [0.1, 0.15) is 13.2 Å². The van der Waals surface area contributed by atoms with Gasteiger partial charge in [-0.3, -0.25) is 9.69 Å². The predicted octanol–water partition coefficient (Wildman–Crippen LogP) is 2.62. The van der Waals surface area contributed by atoms with Gasteiger partial charge in [-0.15, -0.1) is 0 Å². The Balaban J connectivity index is 1.68. The number of alkyl halides is 3. The number of piperidine rings is 1. The summed E-state index contributed by atoms with van der Waals surface area (Å²) in [5.74, 6) is -2.36. The quantitative estimate of drug-likeness (QED) is 0.787. The smallest absolute Gasteiger partial charge is 0.362 e. The van der Waals surface area contributed by atoms with E-state index in [4.69, 9.17) is 0 Å². The Bertz CT molecular complexity index is 586. The third-order valence-corrected chi connectivity index (χ3v) is 3.84. The standard InChI is InChI=1S/C16H19F5N2O2/c17-13-2-1-11(7-14(13)18)8-23-5-3-12(4-6-23)22-15(24)9-25-10-16(19,20)21/h1-2,7,12H,3-6,8-10H2,(H,22,24). The SMILES string of the molecule is O=C(COCC(F)(F)F)NC1CCN(Cc2ccc(F)c(F)c2)CC1. The maximum absolute atomic E-state index is 13.2. The van der Waals surface area contributed by atoms with Crippen LogP contribution < -0.4 is 5.32 Å². The summed E-state index contributed by atoms with van der Waals surface area (Å²) in [5.41, 5.74) is 0.655. The molecule has 1 heterocycles. The Kier molecular flexibility index (Phi) is 6.71. The zero-order valence-electron chi connectivity index (χ0n) is 13.4. The monoisotopic (exact) mass is 366 g/mol. The molecule has 0 unspecified atom stereocenters. The molecule has 0 atom stereocenters. The molecule has 25 heavy (non-hydrogen) atoms. The van der Waals surface area contributed by atoms with Gasteiger partial charge in [-0.1, -0.05) is 6.07 Å². The van der Waals surface area contributed by atoms with Crippen molar-refractivity contribution in [1.29, 1.82) is 0 Å². The largest absolute Gasteiger partial charge is 0.411 e. The van der Waals surface area contributed by atoms with Crippen molar-refractivity contribution in [3.8, 4) is 0 Å². The van der Waals surface area contributed by atoms with Crippen molar-refractivity contribution >= 4 is 5.91 Å². The Hall–Kier alpha value is -1.74. The molecule has 1 aromatic rings. The molecule has 1 aliphatic rings. The molecule has 1 saturated heterocycles. The number of benzene rings is 1. The van der Waals surface area contributed by atoms with Crippen LogP contribution in [-0.2, 0) is 16.1 Å². The predicted molar refractivity (Wildman–Crippen MR) is 79.7 cm³/mol. The van der Waals surface area contributed by atoms with E-state index in [0.717, 1.165) is 12.1 Å². The van der Waals surface area contributed by atoms with Crippen molar-refractivity contribution in [3.63, 3.8) is 0 Å². The van der Waals surface area contributed by atoms with Gasteiger partial charge in [0.15, 0.2) is 11.6 Å². The lowest BCUT2D eigenvalue weighted by molar-refractivity contribution is -0.175. The number of hydrogen-bond acceptors (Lipinski definition) is 3. The summed E-state index contributed by atoms with van der Waals surface area (Å²) in [6.07, 6.45) is -3.21. The normalized spacial score (nSPS) is 16.8. The fourth-order valence-corrected chi connectivity index (χ4v) is 2.66. The van der Waals surface area contributed by atoms with Crippen LogP contribution in [0, 0.1) is 11.6 Å². The number of nitrogens with one attached hydrogen (secondary N) is 1. The van der Waals surface area contributed by atoms with E-state index in [1.807, 2.05) is 4.90 Å². The lowest BCUT2D eigenvalue weighted by Crippen LogP contribution is -2.45. The van der Waals surface area contributed by atoms with Crippen LogP contribution in [0.4, 0.5) is 22.0 Å². The molecule has 0 saturated carbocycles. The van der Waals surface area contributed by atoms with Gasteiger partial charge in [0.25, 0.3) is 0 Å². The highest BCUT2D eigenvalue weighted by molar-refractivity contribution is 5.77. The number of hydrogen-bond donors (Lipinski definition) is 1. The molecule has 2 rings (SSSR count). The number of carbonyl (C=O) groups is 1. The van der Waals surface area contributed by atoms with E-state index in [0.29, 0.717) is 38.0 Å². The van der Waals surface area contributed by atoms with Gasteiger partial charge < -0.3 is 10.1 Å². The minimum atomic E-state index is -4.45. The molecule has 1 aromatic carbocycles. The zero-order valence-corrected chi connectivity index (χ0v) is 13.4. The van der Waals surface area contributed by atoms with Gasteiger partial charge >= 0.3 is 6.18 Å². The highest BCUT2D eigenvalue weighted by atomic mass is 19.4. The van der Waals surface area contributed by atoms with E-state index in [9.17, 15) is 26.7 Å². The Morgan fingerprint density at radius 2 is 1.88 bits per heavy atom. The number of rotatable bonds is 6. The molecule has 140 valence electrons. The highest BCUT2D eigenvalue weighted by Crippen LogP contribution is 2.16. The fourth-order valence-electron chi connectivity index (χ4n) is 2.66. The number of carbonyl (C=O) groups excluding carboxylic acids is 1. The summed E-state index contributed by atoms with van der Waals surface area (Å²) < 4.78 is 66.2. The van der Waals surface area contributed by atoms with Crippen LogP contribution in [0.25, 0.3) is 0 Å². The molecule has 1 N–H and O–H groups in total. The molecule has 0 radical (unpaired) electrons. The molecule has 0 bridgehead atoms. The minimum absolute atomic E-state index is 0.136. The molecule has 1 fully saturated rings. The average Bonchev–Trinajstić information content (AvgIpc) is 2.51. The summed E-state index contributed by atoms with van der Waals surface area (Å²) in [7, 11) is 0. The molecular weight excluding hydrogens is 347 g/mol. The van der Waals surface area contributed by atoms with E-state index < -0.39 is 36.9 Å². The number of halogens is 5. The first kappa shape index (κ1) is 19.6. The van der Waals surface area contributed by atoms with E-state index in [1.54, 1.807) is 0 Å². The number of likely N-dealkylation sites (tertiary alicyclic amines) is 1. The Morgan fingerprint density at radius 3 is 2.48 bits per heavy atom. The molecule has 0 aliphatic carbocycles. The van der Waals surface area contributed by atoms with Crippen LogP contribution in [0.2, 0.25) is 0 Å². The molecule has 1 aliphatic heterocycles. The van der Waals surface area contributed by atoms with Gasteiger partial charge in [-0.05, 0) is 30.5 Å². The van der Waals surface area contributed by atoms with E-state index in [-0.39, 0.29) is 6.04 Å². The summed E-state index contributed by atoms with van der Waals surface area (Å²) >= 11 is 0. The van der Waals surface area contributed by atoms with Crippen LogP contribution in [0.15, 0.2) is 18.2 Å². The maximum Gasteiger partial charge on any atom is 0.411 e. The molecular formula is C16H19F5N2O2. The molecule has 0 aromatic heterocycles. The molecule has 0 spiro atoms. The average molecular weight is 366 g/mol. The third-order valence-electron chi connectivity index (χ3n) is 3.84. The van der Waals surface area contributed by atoms with Crippen LogP contribution in [0.1, 0.15) is 18.4 Å². The van der Waals surface area contributed by atoms with Crippen molar-refractivity contribution in [2.75, 3.05) is 26.3 Å². The van der Waals surface area contributed by atoms with Crippen molar-refractivity contribution < 1.29 is 31.5 Å². The van der Waals surface area contributed by atoms with Gasteiger partial charge in [-0.2, -0.15) is 13.2 Å². The van der Waals surface area contributed by atoms with Gasteiger partial charge in [0, 0.05) is 25.7 Å². The second kappa shape index (κ2) is 8.57. The minimum Gasteiger partial charge on any atom is -0.362 e. The summed E-state index contributed by atoms with van der Waals surface area (Å²) in [6.45, 7) is -0.352. The Morgan fingerprint density at radius 1 is 1.20 bits per heavy atom. The first-order valence-electron chi connectivity index (χ1n) is 7.83. The molecule has 1 amide bonds. The zero-order chi connectivity index (χ0) is 18.4. The van der Waals surface area contributed by atoms with Crippen LogP contribution in [0.3, 0.4) is 0 Å². The van der Waals surface area contributed by atoms with Gasteiger partial charge in [0.2, 0.25) is 5.91 Å². The Labute approximate surface area is 141 Å². The number of amides is 1. The van der Waals surface area contributed by atoms with E-state index >= 15 is 0 Å². The first-order chi connectivity index (χ1) is 11.7. The first-order valence-corrected chi connectivity index (χ1v) is 7.83. The topological polar surface area (TPSA) is 41.6 Å². The molecule has 9 heteroatoms. The number of nitrogens with zero attached hydrogens (tertiary/aromatic N) is 1. The van der Waals surface area contributed by atoms with Crippen molar-refractivity contribution in [1.82, 2.24) is 10.2 Å². The van der Waals surface area contributed by atoms with E-state index in [1.165, 1.54) is 6.07 Å². The highest BCUT2D eigenvalue weighted by Gasteiger charge is 2.28. The van der Waals surface area contributed by atoms with E-state index in [2.05, 4.69) is 10.1 Å². The second-order valence-corrected chi connectivity index (χ2v) is 5.97. The lowest BCUT2D eigenvalue weighted by atomic mass is 10.0.